The van der Waals surface area contributed by atoms with Gasteiger partial charge >= 0.3 is 24.4 Å². The van der Waals surface area contributed by atoms with Gasteiger partial charge < -0.3 is 9.47 Å². The van der Waals surface area contributed by atoms with E-state index in [2.05, 4.69) is 14.2 Å². The van der Waals surface area contributed by atoms with Gasteiger partial charge in [-0.15, -0.1) is 0 Å². The standard InChI is InChI=1S/C7H6F8O4/c1-17-3(16)2-18-5(9,10)4(8)19-7(14,15)6(11,12)13/h4H,2H2,1H3. The van der Waals surface area contributed by atoms with Gasteiger partial charge in [0.1, 0.15) is 0 Å². The highest BCUT2D eigenvalue weighted by Gasteiger charge is 2.63. The monoisotopic (exact) mass is 306 g/mol. The Labute approximate surface area is 99.8 Å². The van der Waals surface area contributed by atoms with E-state index in [9.17, 15) is 39.9 Å². The minimum absolute atomic E-state index is 0.741. The zero-order valence-corrected chi connectivity index (χ0v) is 8.94. The fraction of sp³-hybridized carbons (Fsp3) is 0.857. The lowest BCUT2D eigenvalue weighted by molar-refractivity contribution is -0.449. The summed E-state index contributed by atoms with van der Waals surface area (Å²) in [5, 5.41) is 0. The van der Waals surface area contributed by atoms with Crippen LogP contribution < -0.4 is 0 Å². The number of alkyl halides is 8. The van der Waals surface area contributed by atoms with Gasteiger partial charge in [-0.1, -0.05) is 0 Å². The minimum Gasteiger partial charge on any atom is -0.467 e. The number of methoxy groups -OCH3 is 1. The quantitative estimate of drug-likeness (QED) is 0.558. The predicted octanol–water partition coefficient (Wildman–Crippen LogP) is 2.24. The number of carbonyl (C=O) groups is 1. The normalized spacial score (nSPS) is 15.2. The molecule has 0 heterocycles. The van der Waals surface area contributed by atoms with Crippen LogP contribution in [0.1, 0.15) is 0 Å². The molecule has 0 bridgehead atoms. The Balaban J connectivity index is 4.63. The number of rotatable bonds is 6. The molecule has 0 rings (SSSR count). The first kappa shape index (κ1) is 17.8. The highest BCUT2D eigenvalue weighted by Crippen LogP contribution is 2.39. The van der Waals surface area contributed by atoms with Crippen molar-refractivity contribution in [2.75, 3.05) is 13.7 Å². The number of halogens is 8. The molecule has 4 nitrogen and oxygen atoms in total. The SMILES string of the molecule is COC(=O)COC(F)(F)C(F)OC(F)(F)C(F)(F)F. The van der Waals surface area contributed by atoms with Gasteiger partial charge in [0.25, 0.3) is 6.36 Å². The second-order valence-corrected chi connectivity index (χ2v) is 2.88. The maximum Gasteiger partial charge on any atom is 0.483 e. The van der Waals surface area contributed by atoms with Crippen molar-refractivity contribution in [2.45, 2.75) is 24.8 Å². The topological polar surface area (TPSA) is 44.8 Å². The molecule has 0 radical (unpaired) electrons. The molecule has 12 heteroatoms. The molecule has 0 spiro atoms. The zero-order chi connectivity index (χ0) is 15.5. The van der Waals surface area contributed by atoms with Crippen LogP contribution in [0, 0.1) is 0 Å². The third kappa shape index (κ3) is 5.14. The summed E-state index contributed by atoms with van der Waals surface area (Å²) in [7, 11) is 0.741. The van der Waals surface area contributed by atoms with Crippen molar-refractivity contribution < 1.29 is 54.1 Å². The molecule has 1 unspecified atom stereocenters. The van der Waals surface area contributed by atoms with E-state index in [0.29, 0.717) is 0 Å². The summed E-state index contributed by atoms with van der Waals surface area (Å²) in [6.07, 6.45) is -22.2. The summed E-state index contributed by atoms with van der Waals surface area (Å²) in [5.74, 6) is -1.44. The fourth-order valence-electron chi connectivity index (χ4n) is 0.545. The average molecular weight is 306 g/mol. The van der Waals surface area contributed by atoms with Crippen LogP contribution in [0.5, 0.6) is 0 Å². The van der Waals surface area contributed by atoms with Gasteiger partial charge in [-0.2, -0.15) is 30.7 Å². The Morgan fingerprint density at radius 2 is 1.58 bits per heavy atom. The molecule has 0 aromatic heterocycles. The molecule has 0 aromatic carbocycles. The van der Waals surface area contributed by atoms with Crippen molar-refractivity contribution in [3.63, 3.8) is 0 Å². The molecule has 0 aromatic rings. The van der Waals surface area contributed by atoms with Crippen LogP contribution in [0.15, 0.2) is 0 Å². The van der Waals surface area contributed by atoms with Crippen LogP contribution in [-0.4, -0.2) is 44.4 Å². The van der Waals surface area contributed by atoms with E-state index in [0.717, 1.165) is 7.11 Å². The van der Waals surface area contributed by atoms with Crippen LogP contribution in [0.2, 0.25) is 0 Å². The number of hydrogen-bond donors (Lipinski definition) is 0. The van der Waals surface area contributed by atoms with Gasteiger partial charge in [0.05, 0.1) is 7.11 Å². The third-order valence-corrected chi connectivity index (χ3v) is 1.46. The van der Waals surface area contributed by atoms with Crippen molar-refractivity contribution in [2.24, 2.45) is 0 Å². The largest absolute Gasteiger partial charge is 0.483 e. The van der Waals surface area contributed by atoms with Crippen LogP contribution in [0.25, 0.3) is 0 Å². The lowest BCUT2D eigenvalue weighted by atomic mass is 10.5. The van der Waals surface area contributed by atoms with E-state index in [1.54, 1.807) is 0 Å². The lowest BCUT2D eigenvalue weighted by Gasteiger charge is -2.25. The number of hydrogen-bond acceptors (Lipinski definition) is 4. The summed E-state index contributed by atoms with van der Waals surface area (Å²) >= 11 is 0. The lowest BCUT2D eigenvalue weighted by Crippen LogP contribution is -2.47. The number of ether oxygens (including phenoxy) is 3. The van der Waals surface area contributed by atoms with Gasteiger partial charge in [0.15, 0.2) is 6.61 Å². The highest BCUT2D eigenvalue weighted by atomic mass is 19.4. The van der Waals surface area contributed by atoms with Crippen LogP contribution >= 0.6 is 0 Å². The molecule has 0 aliphatic carbocycles. The van der Waals surface area contributed by atoms with Gasteiger partial charge in [0, 0.05) is 0 Å². The molecular weight excluding hydrogens is 300 g/mol. The van der Waals surface area contributed by atoms with E-state index in [-0.39, 0.29) is 0 Å². The van der Waals surface area contributed by atoms with Crippen LogP contribution in [-0.2, 0) is 19.0 Å². The average Bonchev–Trinajstić information content (AvgIpc) is 2.23. The van der Waals surface area contributed by atoms with Crippen LogP contribution in [0.4, 0.5) is 35.1 Å². The van der Waals surface area contributed by atoms with Crippen molar-refractivity contribution >= 4 is 5.97 Å². The Morgan fingerprint density at radius 3 is 1.95 bits per heavy atom. The van der Waals surface area contributed by atoms with Crippen molar-refractivity contribution in [3.05, 3.63) is 0 Å². The maximum atomic E-state index is 12.6. The molecular formula is C7H6F8O4. The molecule has 0 fully saturated rings. The third-order valence-electron chi connectivity index (χ3n) is 1.46. The zero-order valence-electron chi connectivity index (χ0n) is 8.94. The van der Waals surface area contributed by atoms with E-state index in [1.165, 1.54) is 0 Å². The van der Waals surface area contributed by atoms with Crippen molar-refractivity contribution in [3.8, 4) is 0 Å². The van der Waals surface area contributed by atoms with E-state index in [4.69, 9.17) is 0 Å². The maximum absolute atomic E-state index is 12.6. The molecule has 114 valence electrons. The predicted molar refractivity (Wildman–Crippen MR) is 39.9 cm³/mol. The summed E-state index contributed by atoms with van der Waals surface area (Å²) in [4.78, 5) is 10.4. The molecule has 0 saturated heterocycles. The molecule has 19 heavy (non-hydrogen) atoms. The fourth-order valence-corrected chi connectivity index (χ4v) is 0.545. The molecule has 0 aliphatic rings. The van der Waals surface area contributed by atoms with Gasteiger partial charge in [-0.25, -0.2) is 9.18 Å². The van der Waals surface area contributed by atoms with Gasteiger partial charge in [0.2, 0.25) is 0 Å². The number of carbonyl (C=O) groups excluding carboxylic acids is 1. The first-order valence-corrected chi connectivity index (χ1v) is 4.18. The molecule has 0 saturated carbocycles. The Kier molecular flexibility index (Phi) is 5.50. The smallest absolute Gasteiger partial charge is 0.467 e. The molecule has 0 amide bonds. The molecule has 1 atom stereocenters. The van der Waals surface area contributed by atoms with Crippen molar-refractivity contribution in [1.29, 1.82) is 0 Å². The second-order valence-electron chi connectivity index (χ2n) is 2.88. The molecule has 0 N–H and O–H groups in total. The first-order valence-electron chi connectivity index (χ1n) is 4.18. The van der Waals surface area contributed by atoms with Gasteiger partial charge in [-0.3, -0.25) is 4.74 Å². The summed E-state index contributed by atoms with van der Waals surface area (Å²) in [6.45, 7) is -1.58. The number of esters is 1. The van der Waals surface area contributed by atoms with E-state index >= 15 is 0 Å². The van der Waals surface area contributed by atoms with Crippen molar-refractivity contribution in [1.82, 2.24) is 0 Å². The summed E-state index contributed by atoms with van der Waals surface area (Å²) in [5.41, 5.74) is 0. The highest BCUT2D eigenvalue weighted by molar-refractivity contribution is 5.70. The first-order chi connectivity index (χ1) is 8.33. The Morgan fingerprint density at radius 1 is 1.11 bits per heavy atom. The Bertz CT molecular complexity index is 315. The summed E-state index contributed by atoms with van der Waals surface area (Å²) < 4.78 is 106. The Hall–Kier alpha value is -1.17. The van der Waals surface area contributed by atoms with E-state index < -0.39 is 37.3 Å². The summed E-state index contributed by atoms with van der Waals surface area (Å²) in [6, 6.07) is 0. The minimum atomic E-state index is -6.39. The van der Waals surface area contributed by atoms with E-state index in [1.807, 2.05) is 0 Å². The second kappa shape index (κ2) is 5.86. The van der Waals surface area contributed by atoms with Gasteiger partial charge in [-0.05, 0) is 0 Å². The van der Waals surface area contributed by atoms with Crippen LogP contribution in [0.3, 0.4) is 0 Å². The molecule has 0 aliphatic heterocycles.